The number of halogens is 1. The largest absolute Gasteiger partial charge is 0.497 e. The van der Waals surface area contributed by atoms with Crippen LogP contribution in [-0.4, -0.2) is 55.9 Å². The standard InChI is InChI=1S/C16H17ClN4O5S/c1-26-12-4-5-15(14(11-12)21(22)23)27(24,25)20-9-7-19(8-10-20)16-13(17)3-2-6-18-16/h2-6,11H,7-10H2,1H3. The lowest BCUT2D eigenvalue weighted by molar-refractivity contribution is -0.387. The highest BCUT2D eigenvalue weighted by Crippen LogP contribution is 2.31. The van der Waals surface area contributed by atoms with E-state index in [0.29, 0.717) is 23.9 Å². The second-order valence-corrected chi connectivity index (χ2v) is 8.10. The number of nitro benzene ring substituents is 1. The minimum Gasteiger partial charge on any atom is -0.497 e. The van der Waals surface area contributed by atoms with Crippen LogP contribution in [0.2, 0.25) is 5.02 Å². The molecule has 0 radical (unpaired) electrons. The first kappa shape index (κ1) is 19.3. The average Bonchev–Trinajstić information content (AvgIpc) is 2.68. The van der Waals surface area contributed by atoms with E-state index in [4.69, 9.17) is 16.3 Å². The number of hydrogen-bond acceptors (Lipinski definition) is 7. The molecule has 0 saturated carbocycles. The fourth-order valence-corrected chi connectivity index (χ4v) is 4.68. The molecule has 1 aromatic carbocycles. The maximum absolute atomic E-state index is 12.9. The highest BCUT2D eigenvalue weighted by atomic mass is 35.5. The van der Waals surface area contributed by atoms with Gasteiger partial charge in [-0.15, -0.1) is 0 Å². The number of methoxy groups -OCH3 is 1. The van der Waals surface area contributed by atoms with Gasteiger partial charge in [0.05, 0.1) is 23.1 Å². The summed E-state index contributed by atoms with van der Waals surface area (Å²) in [6.45, 7) is 1.08. The molecular weight excluding hydrogens is 396 g/mol. The molecule has 1 aliphatic rings. The van der Waals surface area contributed by atoms with Crippen molar-refractivity contribution in [2.45, 2.75) is 4.90 Å². The van der Waals surface area contributed by atoms with E-state index in [2.05, 4.69) is 4.98 Å². The molecule has 27 heavy (non-hydrogen) atoms. The maximum atomic E-state index is 12.9. The number of sulfonamides is 1. The number of anilines is 1. The fourth-order valence-electron chi connectivity index (χ4n) is 2.87. The van der Waals surface area contributed by atoms with Gasteiger partial charge in [-0.1, -0.05) is 11.6 Å². The summed E-state index contributed by atoms with van der Waals surface area (Å²) in [7, 11) is -2.67. The van der Waals surface area contributed by atoms with Gasteiger partial charge in [0.25, 0.3) is 5.69 Å². The first-order valence-corrected chi connectivity index (χ1v) is 9.84. The number of ether oxygens (including phenoxy) is 1. The molecule has 144 valence electrons. The van der Waals surface area contributed by atoms with Crippen molar-refractivity contribution in [2.24, 2.45) is 0 Å². The van der Waals surface area contributed by atoms with Crippen LogP contribution in [-0.2, 0) is 10.0 Å². The maximum Gasteiger partial charge on any atom is 0.293 e. The van der Waals surface area contributed by atoms with Crippen molar-refractivity contribution in [3.05, 3.63) is 51.7 Å². The number of piperazine rings is 1. The Morgan fingerprint density at radius 1 is 1.22 bits per heavy atom. The van der Waals surface area contributed by atoms with Crippen molar-refractivity contribution in [1.82, 2.24) is 9.29 Å². The topological polar surface area (TPSA) is 106 Å². The lowest BCUT2D eigenvalue weighted by Gasteiger charge is -2.34. The molecule has 0 N–H and O–H groups in total. The van der Waals surface area contributed by atoms with Crippen LogP contribution in [0.5, 0.6) is 5.75 Å². The normalized spacial score (nSPS) is 15.6. The highest BCUT2D eigenvalue weighted by Gasteiger charge is 2.34. The van der Waals surface area contributed by atoms with Crippen molar-refractivity contribution in [3.8, 4) is 5.75 Å². The molecule has 1 saturated heterocycles. The summed E-state index contributed by atoms with van der Waals surface area (Å²) in [5.74, 6) is 0.807. The quantitative estimate of drug-likeness (QED) is 0.547. The number of nitrogens with zero attached hydrogens (tertiary/aromatic N) is 4. The molecule has 0 aliphatic carbocycles. The van der Waals surface area contributed by atoms with Gasteiger partial charge < -0.3 is 9.64 Å². The van der Waals surface area contributed by atoms with Crippen LogP contribution in [0.25, 0.3) is 0 Å². The third kappa shape index (κ3) is 3.82. The van der Waals surface area contributed by atoms with E-state index in [1.165, 1.54) is 23.5 Å². The molecule has 0 atom stereocenters. The Hall–Kier alpha value is -2.43. The Morgan fingerprint density at radius 3 is 2.52 bits per heavy atom. The highest BCUT2D eigenvalue weighted by molar-refractivity contribution is 7.89. The van der Waals surface area contributed by atoms with Crippen LogP contribution < -0.4 is 9.64 Å². The molecule has 2 aromatic rings. The summed E-state index contributed by atoms with van der Waals surface area (Å²) >= 11 is 6.14. The second-order valence-electron chi connectivity index (χ2n) is 5.79. The summed E-state index contributed by atoms with van der Waals surface area (Å²) in [5.41, 5.74) is -0.510. The van der Waals surface area contributed by atoms with Gasteiger partial charge in [-0.2, -0.15) is 4.31 Å². The Balaban J connectivity index is 1.84. The number of pyridine rings is 1. The first-order valence-electron chi connectivity index (χ1n) is 8.02. The van der Waals surface area contributed by atoms with Crippen LogP contribution in [0, 0.1) is 10.1 Å². The summed E-state index contributed by atoms with van der Waals surface area (Å²) < 4.78 is 32.1. The zero-order valence-electron chi connectivity index (χ0n) is 14.4. The molecule has 3 rings (SSSR count). The summed E-state index contributed by atoms with van der Waals surface area (Å²) in [4.78, 5) is 16.4. The van der Waals surface area contributed by atoms with Crippen LogP contribution >= 0.6 is 11.6 Å². The molecule has 0 unspecified atom stereocenters. The Bertz CT molecular complexity index is 961. The molecule has 0 bridgehead atoms. The Morgan fingerprint density at radius 2 is 1.93 bits per heavy atom. The van der Waals surface area contributed by atoms with E-state index in [0.717, 1.165) is 6.07 Å². The minimum atomic E-state index is -4.02. The molecule has 2 heterocycles. The van der Waals surface area contributed by atoms with Crippen LogP contribution in [0.1, 0.15) is 0 Å². The van der Waals surface area contributed by atoms with E-state index in [1.807, 2.05) is 4.90 Å². The average molecular weight is 413 g/mol. The molecule has 1 fully saturated rings. The summed E-state index contributed by atoms with van der Waals surface area (Å²) in [5, 5.41) is 11.8. The third-order valence-corrected chi connectivity index (χ3v) is 6.50. The number of nitro groups is 1. The van der Waals surface area contributed by atoms with Crippen molar-refractivity contribution < 1.29 is 18.1 Å². The minimum absolute atomic E-state index is 0.165. The number of aromatic nitrogens is 1. The van der Waals surface area contributed by atoms with E-state index < -0.39 is 20.6 Å². The molecular formula is C16H17ClN4O5S. The van der Waals surface area contributed by atoms with Gasteiger partial charge in [0.15, 0.2) is 4.90 Å². The van der Waals surface area contributed by atoms with Gasteiger partial charge in [-0.3, -0.25) is 10.1 Å². The lowest BCUT2D eigenvalue weighted by atomic mass is 10.3. The molecule has 1 aliphatic heterocycles. The molecule has 0 amide bonds. The van der Waals surface area contributed by atoms with E-state index in [9.17, 15) is 18.5 Å². The first-order chi connectivity index (χ1) is 12.8. The predicted molar refractivity (Wildman–Crippen MR) is 99.9 cm³/mol. The molecule has 9 nitrogen and oxygen atoms in total. The van der Waals surface area contributed by atoms with Gasteiger partial charge in [0, 0.05) is 32.4 Å². The molecule has 11 heteroatoms. The van der Waals surface area contributed by atoms with E-state index >= 15 is 0 Å². The predicted octanol–water partition coefficient (Wildman–Crippen LogP) is 2.16. The third-order valence-electron chi connectivity index (χ3n) is 4.26. The summed E-state index contributed by atoms with van der Waals surface area (Å²) in [6.07, 6.45) is 1.62. The van der Waals surface area contributed by atoms with Crippen molar-refractivity contribution in [2.75, 3.05) is 38.2 Å². The van der Waals surface area contributed by atoms with Crippen LogP contribution in [0.4, 0.5) is 11.5 Å². The van der Waals surface area contributed by atoms with Crippen molar-refractivity contribution in [3.63, 3.8) is 0 Å². The number of benzene rings is 1. The summed E-state index contributed by atoms with van der Waals surface area (Å²) in [6, 6.07) is 7.14. The SMILES string of the molecule is COc1ccc(S(=O)(=O)N2CCN(c3ncccc3Cl)CC2)c([N+](=O)[O-])c1. The monoisotopic (exact) mass is 412 g/mol. The molecule has 0 spiro atoms. The fraction of sp³-hybridized carbons (Fsp3) is 0.312. The number of hydrogen-bond donors (Lipinski definition) is 0. The van der Waals surface area contributed by atoms with Gasteiger partial charge in [0.2, 0.25) is 10.0 Å². The van der Waals surface area contributed by atoms with Gasteiger partial charge in [-0.25, -0.2) is 13.4 Å². The van der Waals surface area contributed by atoms with E-state index in [1.54, 1.807) is 18.3 Å². The number of rotatable bonds is 5. The van der Waals surface area contributed by atoms with Crippen molar-refractivity contribution >= 4 is 33.1 Å². The van der Waals surface area contributed by atoms with Crippen molar-refractivity contribution in [1.29, 1.82) is 0 Å². The zero-order chi connectivity index (χ0) is 19.6. The lowest BCUT2D eigenvalue weighted by Crippen LogP contribution is -2.49. The Labute approximate surface area is 161 Å². The van der Waals surface area contributed by atoms with Crippen LogP contribution in [0.15, 0.2) is 41.4 Å². The van der Waals surface area contributed by atoms with Gasteiger partial charge >= 0.3 is 0 Å². The molecule has 1 aromatic heterocycles. The zero-order valence-corrected chi connectivity index (χ0v) is 16.0. The second kappa shape index (κ2) is 7.67. The van der Waals surface area contributed by atoms with E-state index in [-0.39, 0.29) is 23.7 Å². The Kier molecular flexibility index (Phi) is 5.49. The van der Waals surface area contributed by atoms with Gasteiger partial charge in [0.1, 0.15) is 11.6 Å². The van der Waals surface area contributed by atoms with Gasteiger partial charge in [-0.05, 0) is 24.3 Å². The smallest absolute Gasteiger partial charge is 0.293 e. The van der Waals surface area contributed by atoms with Crippen LogP contribution in [0.3, 0.4) is 0 Å².